The average molecular weight is 270 g/mol. The van der Waals surface area contributed by atoms with Crippen molar-refractivity contribution in [3.63, 3.8) is 0 Å². The second kappa shape index (κ2) is 7.05. The Hall–Kier alpha value is -0.120. The fourth-order valence-corrected chi connectivity index (χ4v) is 2.83. The first kappa shape index (κ1) is 16.9. The van der Waals surface area contributed by atoms with Gasteiger partial charge in [0.15, 0.2) is 0 Å². The smallest absolute Gasteiger partial charge is 0.0566 e. The molecule has 1 rings (SSSR count). The Kier molecular flexibility index (Phi) is 6.28. The number of likely N-dealkylation sites (N-methyl/N-ethyl adjacent to an activating group) is 1. The number of aliphatic hydroxyl groups excluding tert-OH is 1. The van der Waals surface area contributed by atoms with Crippen LogP contribution in [-0.2, 0) is 0 Å². The maximum absolute atomic E-state index is 10.1. The predicted molar refractivity (Wildman–Crippen MR) is 82.3 cm³/mol. The number of nitrogens with zero attached hydrogens (tertiary/aromatic N) is 1. The Morgan fingerprint density at radius 3 is 2.42 bits per heavy atom. The lowest BCUT2D eigenvalue weighted by Gasteiger charge is -2.38. The molecule has 1 saturated heterocycles. The van der Waals surface area contributed by atoms with Crippen molar-refractivity contribution in [1.82, 2.24) is 10.2 Å². The van der Waals surface area contributed by atoms with Crippen molar-refractivity contribution in [3.8, 4) is 0 Å². The van der Waals surface area contributed by atoms with E-state index in [9.17, 15) is 5.11 Å². The van der Waals surface area contributed by atoms with Crippen LogP contribution >= 0.6 is 0 Å². The van der Waals surface area contributed by atoms with Gasteiger partial charge < -0.3 is 15.3 Å². The molecule has 2 N–H and O–H groups in total. The first-order valence-corrected chi connectivity index (χ1v) is 7.77. The minimum Gasteiger partial charge on any atom is -0.393 e. The van der Waals surface area contributed by atoms with Crippen molar-refractivity contribution in [2.45, 2.75) is 59.6 Å². The maximum atomic E-state index is 10.1. The zero-order valence-electron chi connectivity index (χ0n) is 13.7. The van der Waals surface area contributed by atoms with E-state index < -0.39 is 0 Å². The minimum atomic E-state index is -0.153. The molecule has 1 fully saturated rings. The average Bonchev–Trinajstić information content (AvgIpc) is 2.24. The topological polar surface area (TPSA) is 35.5 Å². The molecule has 0 aromatic rings. The second-order valence-corrected chi connectivity index (χ2v) is 8.01. The quantitative estimate of drug-likeness (QED) is 0.805. The molecule has 0 aliphatic carbocycles. The molecular formula is C16H34N2O. The summed E-state index contributed by atoms with van der Waals surface area (Å²) < 4.78 is 0. The van der Waals surface area contributed by atoms with E-state index in [0.717, 1.165) is 26.1 Å². The summed E-state index contributed by atoms with van der Waals surface area (Å²) in [4.78, 5) is 2.40. The van der Waals surface area contributed by atoms with E-state index in [4.69, 9.17) is 0 Å². The SMILES string of the molecule is CC(C)C(O)CC1CC(NCC(C)(C)C)CN(C)C1. The third-order valence-corrected chi connectivity index (χ3v) is 3.99. The van der Waals surface area contributed by atoms with E-state index >= 15 is 0 Å². The van der Waals surface area contributed by atoms with Gasteiger partial charge in [-0.25, -0.2) is 0 Å². The van der Waals surface area contributed by atoms with Crippen molar-refractivity contribution in [3.05, 3.63) is 0 Å². The maximum Gasteiger partial charge on any atom is 0.0566 e. The highest BCUT2D eigenvalue weighted by molar-refractivity contribution is 4.84. The molecule has 0 amide bonds. The lowest BCUT2D eigenvalue weighted by molar-refractivity contribution is 0.0674. The molecule has 3 unspecified atom stereocenters. The third kappa shape index (κ3) is 6.73. The van der Waals surface area contributed by atoms with E-state index in [1.165, 1.54) is 6.42 Å². The van der Waals surface area contributed by atoms with Gasteiger partial charge in [-0.1, -0.05) is 34.6 Å². The number of aliphatic hydroxyl groups is 1. The summed E-state index contributed by atoms with van der Waals surface area (Å²) in [6.07, 6.45) is 1.99. The van der Waals surface area contributed by atoms with Gasteiger partial charge >= 0.3 is 0 Å². The van der Waals surface area contributed by atoms with Crippen molar-refractivity contribution in [1.29, 1.82) is 0 Å². The van der Waals surface area contributed by atoms with Crippen LogP contribution in [0.4, 0.5) is 0 Å². The number of piperidine rings is 1. The van der Waals surface area contributed by atoms with Crippen LogP contribution in [0.1, 0.15) is 47.5 Å². The Morgan fingerprint density at radius 1 is 1.26 bits per heavy atom. The molecule has 0 aromatic carbocycles. The fourth-order valence-electron chi connectivity index (χ4n) is 2.83. The highest BCUT2D eigenvalue weighted by atomic mass is 16.3. The molecule has 3 nitrogen and oxygen atoms in total. The highest BCUT2D eigenvalue weighted by Gasteiger charge is 2.28. The van der Waals surface area contributed by atoms with Crippen LogP contribution in [0, 0.1) is 17.3 Å². The van der Waals surface area contributed by atoms with Gasteiger partial charge in [-0.15, -0.1) is 0 Å². The van der Waals surface area contributed by atoms with Gasteiger partial charge in [0, 0.05) is 25.7 Å². The summed E-state index contributed by atoms with van der Waals surface area (Å²) >= 11 is 0. The number of hydrogen-bond donors (Lipinski definition) is 2. The standard InChI is InChI=1S/C16H34N2O/c1-12(2)15(19)8-13-7-14(10-18(6)9-13)17-11-16(3,4)5/h12-15,17,19H,7-11H2,1-6H3. The Morgan fingerprint density at radius 2 is 1.89 bits per heavy atom. The largest absolute Gasteiger partial charge is 0.393 e. The number of hydrogen-bond acceptors (Lipinski definition) is 3. The summed E-state index contributed by atoms with van der Waals surface area (Å²) in [5.41, 5.74) is 0.336. The summed E-state index contributed by atoms with van der Waals surface area (Å²) in [5, 5.41) is 13.8. The summed E-state index contributed by atoms with van der Waals surface area (Å²) in [6.45, 7) is 14.3. The van der Waals surface area contributed by atoms with E-state index in [1.54, 1.807) is 0 Å². The normalized spacial score (nSPS) is 27.8. The van der Waals surface area contributed by atoms with E-state index in [0.29, 0.717) is 23.3 Å². The number of nitrogens with one attached hydrogen (secondary N) is 1. The second-order valence-electron chi connectivity index (χ2n) is 8.01. The van der Waals surface area contributed by atoms with Crippen LogP contribution in [0.25, 0.3) is 0 Å². The van der Waals surface area contributed by atoms with Gasteiger partial charge in [-0.05, 0) is 37.1 Å². The molecule has 114 valence electrons. The zero-order valence-corrected chi connectivity index (χ0v) is 13.7. The van der Waals surface area contributed by atoms with E-state index in [-0.39, 0.29) is 6.10 Å². The van der Waals surface area contributed by atoms with Gasteiger partial charge in [-0.3, -0.25) is 0 Å². The minimum absolute atomic E-state index is 0.153. The molecule has 1 heterocycles. The van der Waals surface area contributed by atoms with E-state index in [1.807, 2.05) is 0 Å². The first-order valence-electron chi connectivity index (χ1n) is 7.77. The number of rotatable bonds is 5. The molecule has 0 aromatic heterocycles. The highest BCUT2D eigenvalue weighted by Crippen LogP contribution is 2.23. The van der Waals surface area contributed by atoms with E-state index in [2.05, 4.69) is 51.9 Å². The zero-order chi connectivity index (χ0) is 14.6. The molecule has 19 heavy (non-hydrogen) atoms. The molecule has 1 aliphatic rings. The molecule has 3 atom stereocenters. The van der Waals surface area contributed by atoms with Crippen LogP contribution in [0.2, 0.25) is 0 Å². The molecule has 0 saturated carbocycles. The van der Waals surface area contributed by atoms with Gasteiger partial charge in [0.25, 0.3) is 0 Å². The molecule has 1 aliphatic heterocycles. The monoisotopic (exact) mass is 270 g/mol. The summed E-state index contributed by atoms with van der Waals surface area (Å²) in [7, 11) is 2.19. The lowest BCUT2D eigenvalue weighted by atomic mass is 9.86. The Labute approximate surface area is 119 Å². The van der Waals surface area contributed by atoms with Crippen molar-refractivity contribution >= 4 is 0 Å². The van der Waals surface area contributed by atoms with Gasteiger partial charge in [0.1, 0.15) is 0 Å². The Bertz CT molecular complexity index is 260. The van der Waals surface area contributed by atoms with Gasteiger partial charge in [0.2, 0.25) is 0 Å². The third-order valence-electron chi connectivity index (χ3n) is 3.99. The van der Waals surface area contributed by atoms with Crippen LogP contribution in [0.15, 0.2) is 0 Å². The number of likely N-dealkylation sites (tertiary alicyclic amines) is 1. The Balaban J connectivity index is 2.44. The van der Waals surface area contributed by atoms with Crippen LogP contribution in [0.3, 0.4) is 0 Å². The molecule has 3 heteroatoms. The summed E-state index contributed by atoms with van der Waals surface area (Å²) in [6, 6.07) is 0.572. The van der Waals surface area contributed by atoms with Crippen molar-refractivity contribution < 1.29 is 5.11 Å². The van der Waals surface area contributed by atoms with Crippen LogP contribution < -0.4 is 5.32 Å². The molecule has 0 spiro atoms. The lowest BCUT2D eigenvalue weighted by Crippen LogP contribution is -2.50. The van der Waals surface area contributed by atoms with Gasteiger partial charge in [0.05, 0.1) is 6.10 Å². The fraction of sp³-hybridized carbons (Fsp3) is 1.00. The summed E-state index contributed by atoms with van der Waals surface area (Å²) in [5.74, 6) is 0.988. The van der Waals surface area contributed by atoms with Gasteiger partial charge in [-0.2, -0.15) is 0 Å². The van der Waals surface area contributed by atoms with Crippen molar-refractivity contribution in [2.75, 3.05) is 26.7 Å². The molecule has 0 bridgehead atoms. The van der Waals surface area contributed by atoms with Crippen LogP contribution in [0.5, 0.6) is 0 Å². The van der Waals surface area contributed by atoms with Crippen LogP contribution in [-0.4, -0.2) is 48.8 Å². The molecule has 0 radical (unpaired) electrons. The molecular weight excluding hydrogens is 236 g/mol. The van der Waals surface area contributed by atoms with Crippen molar-refractivity contribution in [2.24, 2.45) is 17.3 Å². The first-order chi connectivity index (χ1) is 8.67. The predicted octanol–water partition coefficient (Wildman–Crippen LogP) is 2.35.